The molecule has 0 saturated heterocycles. The van der Waals surface area contributed by atoms with Crippen molar-refractivity contribution in [3.05, 3.63) is 69.3 Å². The fourth-order valence-electron chi connectivity index (χ4n) is 3.36. The highest BCUT2D eigenvalue weighted by Crippen LogP contribution is 2.40. The molecule has 0 saturated carbocycles. The largest absolute Gasteiger partial charge is 0.433 e. The molecule has 1 aromatic heterocycles. The van der Waals surface area contributed by atoms with Crippen molar-refractivity contribution in [2.24, 2.45) is 0 Å². The maximum Gasteiger partial charge on any atom is 0.433 e. The van der Waals surface area contributed by atoms with Crippen LogP contribution in [-0.4, -0.2) is 21.6 Å². The van der Waals surface area contributed by atoms with Crippen LogP contribution in [0.25, 0.3) is 11.3 Å². The molecule has 1 aliphatic rings. The van der Waals surface area contributed by atoms with Gasteiger partial charge in [-0.15, -0.1) is 0 Å². The lowest BCUT2D eigenvalue weighted by atomic mass is 9.88. The van der Waals surface area contributed by atoms with Gasteiger partial charge in [0.25, 0.3) is 0 Å². The number of benzene rings is 2. The predicted molar refractivity (Wildman–Crippen MR) is 116 cm³/mol. The highest BCUT2D eigenvalue weighted by Gasteiger charge is 2.38. The number of fused-ring (bicyclic) bond motifs is 3. The highest BCUT2D eigenvalue weighted by molar-refractivity contribution is 7.99. The Hall–Kier alpha value is -2.29. The van der Waals surface area contributed by atoms with E-state index >= 15 is 0 Å². The van der Waals surface area contributed by atoms with Gasteiger partial charge in [0.1, 0.15) is 0 Å². The van der Waals surface area contributed by atoms with E-state index in [2.05, 4.69) is 15.3 Å². The van der Waals surface area contributed by atoms with Crippen molar-refractivity contribution in [2.45, 2.75) is 24.2 Å². The first-order chi connectivity index (χ1) is 14.7. The number of aromatic nitrogens is 2. The van der Waals surface area contributed by atoms with Gasteiger partial charge in [0.2, 0.25) is 5.91 Å². The summed E-state index contributed by atoms with van der Waals surface area (Å²) in [5, 5.41) is 3.16. The van der Waals surface area contributed by atoms with Crippen LogP contribution >= 0.6 is 35.0 Å². The molecule has 4 rings (SSSR count). The molecule has 10 heteroatoms. The zero-order valence-electron chi connectivity index (χ0n) is 15.8. The van der Waals surface area contributed by atoms with Crippen LogP contribution in [0.1, 0.15) is 16.8 Å². The minimum atomic E-state index is -4.62. The summed E-state index contributed by atoms with van der Waals surface area (Å²) in [5.74, 6) is -0.662. The van der Waals surface area contributed by atoms with Crippen molar-refractivity contribution in [2.75, 3.05) is 11.1 Å². The summed E-state index contributed by atoms with van der Waals surface area (Å²) in [4.78, 5) is 20.4. The van der Waals surface area contributed by atoms with Crippen LogP contribution in [-0.2, 0) is 23.8 Å². The van der Waals surface area contributed by atoms with Crippen LogP contribution in [0, 0.1) is 0 Å². The number of hydrogen-bond acceptors (Lipinski definition) is 4. The second-order valence-corrected chi connectivity index (χ2v) is 8.58. The Bertz CT molecular complexity index is 1170. The second-order valence-electron chi connectivity index (χ2n) is 6.80. The number of nitrogens with one attached hydrogen (secondary N) is 1. The summed E-state index contributed by atoms with van der Waals surface area (Å²) >= 11 is 12.8. The van der Waals surface area contributed by atoms with E-state index in [1.807, 2.05) is 12.1 Å². The molecule has 1 aliphatic carbocycles. The molecular formula is C21H14Cl2F3N3OS. The van der Waals surface area contributed by atoms with Gasteiger partial charge in [0.05, 0.1) is 22.2 Å². The normalized spacial score (nSPS) is 12.8. The number of alkyl halides is 3. The van der Waals surface area contributed by atoms with Gasteiger partial charge in [-0.05, 0) is 36.6 Å². The molecule has 3 aromatic rings. The van der Waals surface area contributed by atoms with E-state index in [9.17, 15) is 18.0 Å². The maximum absolute atomic E-state index is 13.7. The van der Waals surface area contributed by atoms with E-state index in [1.54, 1.807) is 18.2 Å². The van der Waals surface area contributed by atoms with Crippen molar-refractivity contribution in [1.82, 2.24) is 9.97 Å². The van der Waals surface area contributed by atoms with Gasteiger partial charge in [-0.25, -0.2) is 9.97 Å². The summed E-state index contributed by atoms with van der Waals surface area (Å²) in [6.45, 7) is 0. The average Bonchev–Trinajstić information content (AvgIpc) is 2.73. The molecule has 2 aromatic carbocycles. The third-order valence-corrected chi connectivity index (χ3v) is 6.12. The number of amides is 1. The molecule has 31 heavy (non-hydrogen) atoms. The Kier molecular flexibility index (Phi) is 6.14. The number of rotatable bonds is 4. The molecule has 1 heterocycles. The first-order valence-electron chi connectivity index (χ1n) is 9.16. The number of hydrogen-bond donors (Lipinski definition) is 1. The number of carbonyl (C=O) groups is 1. The van der Waals surface area contributed by atoms with Gasteiger partial charge in [-0.1, -0.05) is 59.2 Å². The first-order valence-corrected chi connectivity index (χ1v) is 10.9. The quantitative estimate of drug-likeness (QED) is 0.349. The van der Waals surface area contributed by atoms with Gasteiger partial charge in [0, 0.05) is 16.1 Å². The molecule has 4 nitrogen and oxygen atoms in total. The summed E-state index contributed by atoms with van der Waals surface area (Å²) in [7, 11) is 0. The monoisotopic (exact) mass is 483 g/mol. The van der Waals surface area contributed by atoms with E-state index in [0.717, 1.165) is 17.3 Å². The van der Waals surface area contributed by atoms with Crippen molar-refractivity contribution in [1.29, 1.82) is 0 Å². The van der Waals surface area contributed by atoms with E-state index in [4.69, 9.17) is 23.2 Å². The van der Waals surface area contributed by atoms with Gasteiger partial charge in [0.15, 0.2) is 10.9 Å². The Morgan fingerprint density at radius 2 is 1.87 bits per heavy atom. The number of carbonyl (C=O) groups excluding carboxylic acids is 1. The molecule has 1 N–H and O–H groups in total. The zero-order chi connectivity index (χ0) is 22.2. The zero-order valence-corrected chi connectivity index (χ0v) is 18.1. The van der Waals surface area contributed by atoms with Crippen LogP contribution in [0.5, 0.6) is 0 Å². The lowest BCUT2D eigenvalue weighted by Gasteiger charge is -2.22. The molecule has 160 valence electrons. The number of anilines is 1. The molecule has 0 bridgehead atoms. The van der Waals surface area contributed by atoms with Crippen LogP contribution < -0.4 is 5.32 Å². The highest BCUT2D eigenvalue weighted by atomic mass is 35.5. The van der Waals surface area contributed by atoms with Crippen molar-refractivity contribution >= 4 is 46.6 Å². The van der Waals surface area contributed by atoms with Crippen molar-refractivity contribution in [3.63, 3.8) is 0 Å². The van der Waals surface area contributed by atoms with Gasteiger partial charge >= 0.3 is 6.18 Å². The van der Waals surface area contributed by atoms with Crippen LogP contribution in [0.4, 0.5) is 18.9 Å². The van der Waals surface area contributed by atoms with E-state index in [1.165, 1.54) is 12.1 Å². The molecule has 0 radical (unpaired) electrons. The molecule has 0 fully saturated rings. The molecular weight excluding hydrogens is 470 g/mol. The number of halogens is 5. The fourth-order valence-corrected chi connectivity index (χ4v) is 4.34. The van der Waals surface area contributed by atoms with Crippen LogP contribution in [0.2, 0.25) is 10.0 Å². The summed E-state index contributed by atoms with van der Waals surface area (Å²) in [6, 6.07) is 11.8. The lowest BCUT2D eigenvalue weighted by molar-refractivity contribution is -0.142. The van der Waals surface area contributed by atoms with Crippen molar-refractivity contribution < 1.29 is 18.0 Å². The van der Waals surface area contributed by atoms with Crippen LogP contribution in [0.3, 0.4) is 0 Å². The predicted octanol–water partition coefficient (Wildman–Crippen LogP) is 6.30. The van der Waals surface area contributed by atoms with E-state index < -0.39 is 17.8 Å². The Balaban J connectivity index is 1.61. The number of aryl methyl sites for hydroxylation is 1. The van der Waals surface area contributed by atoms with Crippen molar-refractivity contribution in [3.8, 4) is 11.3 Å². The van der Waals surface area contributed by atoms with Crippen LogP contribution in [0.15, 0.2) is 47.6 Å². The Labute approximate surface area is 190 Å². The van der Waals surface area contributed by atoms with E-state index in [0.29, 0.717) is 27.7 Å². The number of thioether (sulfide) groups is 1. The molecule has 1 amide bonds. The standard InChI is InChI=1S/C21H14Cl2F3N3OS/c22-12-6-8-15(23)16(9-12)27-17(30)10-31-20-28-18-13-4-2-1-3-11(13)5-7-14(18)19(29-20)21(24,25)26/h1-4,6,8-9H,5,7,10H2,(H,27,30). The van der Waals surface area contributed by atoms with E-state index in [-0.39, 0.29) is 28.6 Å². The Morgan fingerprint density at radius 3 is 2.65 bits per heavy atom. The lowest BCUT2D eigenvalue weighted by Crippen LogP contribution is -2.19. The first kappa shape index (κ1) is 21.9. The number of nitrogens with zero attached hydrogens (tertiary/aromatic N) is 2. The SMILES string of the molecule is O=C(CSc1nc2c(c(C(F)(F)F)n1)CCc1ccccc1-2)Nc1cc(Cl)ccc1Cl. The molecule has 0 unspecified atom stereocenters. The smallest absolute Gasteiger partial charge is 0.324 e. The molecule has 0 spiro atoms. The summed E-state index contributed by atoms with van der Waals surface area (Å²) < 4.78 is 41.1. The summed E-state index contributed by atoms with van der Waals surface area (Å²) in [5.41, 5.74) is 1.32. The van der Waals surface area contributed by atoms with Gasteiger partial charge in [-0.2, -0.15) is 13.2 Å². The maximum atomic E-state index is 13.7. The Morgan fingerprint density at radius 1 is 1.10 bits per heavy atom. The molecule has 0 aliphatic heterocycles. The third-order valence-electron chi connectivity index (χ3n) is 4.71. The summed E-state index contributed by atoms with van der Waals surface area (Å²) in [6.07, 6.45) is -3.92. The second kappa shape index (κ2) is 8.68. The molecule has 0 atom stereocenters. The third kappa shape index (κ3) is 4.81. The average molecular weight is 484 g/mol. The minimum Gasteiger partial charge on any atom is -0.324 e. The minimum absolute atomic E-state index is 0.0886. The van der Waals surface area contributed by atoms with Gasteiger partial charge in [-0.3, -0.25) is 4.79 Å². The van der Waals surface area contributed by atoms with Gasteiger partial charge < -0.3 is 5.32 Å². The topological polar surface area (TPSA) is 54.9 Å². The fraction of sp³-hybridized carbons (Fsp3) is 0.190.